The van der Waals surface area contributed by atoms with Gasteiger partial charge in [0.2, 0.25) is 5.95 Å². The Morgan fingerprint density at radius 3 is 2.68 bits per heavy atom. The van der Waals surface area contributed by atoms with Gasteiger partial charge in [0, 0.05) is 24.0 Å². The van der Waals surface area contributed by atoms with Crippen LogP contribution in [-0.4, -0.2) is 16.5 Å². The van der Waals surface area contributed by atoms with E-state index in [9.17, 15) is 0 Å². The molecule has 3 rings (SSSR count). The van der Waals surface area contributed by atoms with Crippen molar-refractivity contribution in [2.45, 2.75) is 52.9 Å². The van der Waals surface area contributed by atoms with E-state index in [2.05, 4.69) is 58.7 Å². The zero-order valence-corrected chi connectivity index (χ0v) is 15.5. The van der Waals surface area contributed by atoms with E-state index in [4.69, 9.17) is 0 Å². The zero-order valence-electron chi connectivity index (χ0n) is 15.5. The fourth-order valence-corrected chi connectivity index (χ4v) is 3.27. The summed E-state index contributed by atoms with van der Waals surface area (Å²) in [6.07, 6.45) is 8.63. The van der Waals surface area contributed by atoms with Crippen molar-refractivity contribution in [2.24, 2.45) is 0 Å². The van der Waals surface area contributed by atoms with E-state index in [0.717, 1.165) is 30.2 Å². The first-order chi connectivity index (χ1) is 12.1. The van der Waals surface area contributed by atoms with Crippen LogP contribution >= 0.6 is 0 Å². The number of hydrogen-bond acceptors (Lipinski definition) is 4. The predicted molar refractivity (Wildman–Crippen MR) is 106 cm³/mol. The number of aryl methyl sites for hydroxylation is 3. The summed E-state index contributed by atoms with van der Waals surface area (Å²) in [4.78, 5) is 9.14. The number of hydrogen-bond donors (Lipinski definition) is 2. The Morgan fingerprint density at radius 2 is 1.92 bits per heavy atom. The topological polar surface area (TPSA) is 49.8 Å². The van der Waals surface area contributed by atoms with Gasteiger partial charge in [0.1, 0.15) is 5.82 Å². The Balaban J connectivity index is 1.64. The van der Waals surface area contributed by atoms with Crippen molar-refractivity contribution in [1.29, 1.82) is 0 Å². The Morgan fingerprint density at radius 1 is 1.04 bits per heavy atom. The van der Waals surface area contributed by atoms with Gasteiger partial charge in [0.05, 0.1) is 0 Å². The third-order valence-corrected chi connectivity index (χ3v) is 4.61. The van der Waals surface area contributed by atoms with Crippen LogP contribution in [-0.2, 0) is 0 Å². The number of nitrogens with zero attached hydrogens (tertiary/aromatic N) is 2. The summed E-state index contributed by atoms with van der Waals surface area (Å²) in [6, 6.07) is 8.37. The zero-order chi connectivity index (χ0) is 17.6. The molecule has 0 aliphatic heterocycles. The summed E-state index contributed by atoms with van der Waals surface area (Å²) in [5.74, 6) is 1.53. The van der Waals surface area contributed by atoms with Crippen LogP contribution in [0.1, 0.15) is 48.9 Å². The van der Waals surface area contributed by atoms with Crippen LogP contribution in [0.2, 0.25) is 0 Å². The highest BCUT2D eigenvalue weighted by Gasteiger charge is 2.06. The van der Waals surface area contributed by atoms with Gasteiger partial charge < -0.3 is 10.6 Å². The quantitative estimate of drug-likeness (QED) is 0.689. The molecule has 1 aromatic heterocycles. The summed E-state index contributed by atoms with van der Waals surface area (Å²) in [7, 11) is 0. The monoisotopic (exact) mass is 336 g/mol. The van der Waals surface area contributed by atoms with Crippen LogP contribution in [0.15, 0.2) is 35.9 Å². The van der Waals surface area contributed by atoms with E-state index in [0.29, 0.717) is 5.95 Å². The minimum atomic E-state index is 0.698. The summed E-state index contributed by atoms with van der Waals surface area (Å²) >= 11 is 0. The molecule has 1 aromatic carbocycles. The van der Waals surface area contributed by atoms with Crippen LogP contribution in [0.3, 0.4) is 0 Å². The molecule has 0 radical (unpaired) electrons. The van der Waals surface area contributed by atoms with E-state index in [-0.39, 0.29) is 0 Å². The largest absolute Gasteiger partial charge is 0.354 e. The van der Waals surface area contributed by atoms with Crippen molar-refractivity contribution in [3.05, 3.63) is 52.7 Å². The van der Waals surface area contributed by atoms with E-state index < -0.39 is 0 Å². The normalized spacial score (nSPS) is 14.1. The molecule has 0 saturated heterocycles. The molecule has 0 unspecified atom stereocenters. The lowest BCUT2D eigenvalue weighted by Crippen LogP contribution is -2.09. The van der Waals surface area contributed by atoms with Gasteiger partial charge >= 0.3 is 0 Å². The molecule has 0 bridgehead atoms. The molecule has 0 amide bonds. The molecule has 132 valence electrons. The third-order valence-electron chi connectivity index (χ3n) is 4.61. The van der Waals surface area contributed by atoms with Crippen molar-refractivity contribution in [2.75, 3.05) is 17.2 Å². The molecule has 4 nitrogen and oxygen atoms in total. The molecule has 2 aromatic rings. The standard InChI is InChI=1S/C21H28N4/c1-15-9-10-19(16(2)13-15)24-20-14-17(3)23-21(25-20)22-12-11-18-7-5-4-6-8-18/h7,9-10,13-14H,4-6,8,11-12H2,1-3H3,(H2,22,23,24,25). The van der Waals surface area contributed by atoms with Crippen LogP contribution in [0.25, 0.3) is 0 Å². The van der Waals surface area contributed by atoms with Gasteiger partial charge in [-0.25, -0.2) is 4.98 Å². The number of benzene rings is 1. The summed E-state index contributed by atoms with van der Waals surface area (Å²) in [6.45, 7) is 7.11. The molecular formula is C21H28N4. The maximum absolute atomic E-state index is 4.62. The second kappa shape index (κ2) is 8.15. The molecule has 1 aliphatic rings. The maximum Gasteiger partial charge on any atom is 0.224 e. The Hall–Kier alpha value is -2.36. The number of allylic oxidation sites excluding steroid dienone is 1. The highest BCUT2D eigenvalue weighted by atomic mass is 15.1. The van der Waals surface area contributed by atoms with Crippen molar-refractivity contribution >= 4 is 17.5 Å². The summed E-state index contributed by atoms with van der Waals surface area (Å²) in [5, 5.41) is 6.80. The molecule has 1 aliphatic carbocycles. The second-order valence-corrected chi connectivity index (χ2v) is 6.95. The first-order valence-electron chi connectivity index (χ1n) is 9.22. The highest BCUT2D eigenvalue weighted by molar-refractivity contribution is 5.61. The average molecular weight is 336 g/mol. The lowest BCUT2D eigenvalue weighted by Gasteiger charge is -2.14. The van der Waals surface area contributed by atoms with Gasteiger partial charge in [-0.1, -0.05) is 29.3 Å². The molecule has 0 atom stereocenters. The SMILES string of the molecule is Cc1ccc(Nc2cc(C)nc(NCCC3=CCCCC3)n2)c(C)c1. The summed E-state index contributed by atoms with van der Waals surface area (Å²) < 4.78 is 0. The molecule has 0 spiro atoms. The van der Waals surface area contributed by atoms with Gasteiger partial charge in [-0.2, -0.15) is 4.98 Å². The van der Waals surface area contributed by atoms with Crippen molar-refractivity contribution in [3.8, 4) is 0 Å². The molecular weight excluding hydrogens is 308 g/mol. The molecule has 1 heterocycles. The average Bonchev–Trinajstić information content (AvgIpc) is 2.58. The Labute approximate surface area is 150 Å². The molecule has 0 fully saturated rings. The van der Waals surface area contributed by atoms with Gasteiger partial charge in [-0.15, -0.1) is 0 Å². The van der Waals surface area contributed by atoms with Crippen LogP contribution in [0.5, 0.6) is 0 Å². The van der Waals surface area contributed by atoms with Gasteiger partial charge in [-0.3, -0.25) is 0 Å². The molecule has 0 saturated carbocycles. The van der Waals surface area contributed by atoms with Gasteiger partial charge in [-0.05, 0) is 64.5 Å². The fraction of sp³-hybridized carbons (Fsp3) is 0.429. The van der Waals surface area contributed by atoms with E-state index in [1.54, 1.807) is 5.57 Å². The van der Waals surface area contributed by atoms with Crippen molar-refractivity contribution in [1.82, 2.24) is 9.97 Å². The fourth-order valence-electron chi connectivity index (χ4n) is 3.27. The first-order valence-corrected chi connectivity index (χ1v) is 9.22. The maximum atomic E-state index is 4.62. The Bertz CT molecular complexity index is 764. The Kier molecular flexibility index (Phi) is 5.69. The highest BCUT2D eigenvalue weighted by Crippen LogP contribution is 2.22. The van der Waals surface area contributed by atoms with Crippen LogP contribution in [0.4, 0.5) is 17.5 Å². The first kappa shape index (κ1) is 17.5. The molecule has 4 heteroatoms. The predicted octanol–water partition coefficient (Wildman–Crippen LogP) is 5.45. The lowest BCUT2D eigenvalue weighted by molar-refractivity contribution is 0.679. The van der Waals surface area contributed by atoms with E-state index in [1.165, 1.54) is 36.8 Å². The molecule has 25 heavy (non-hydrogen) atoms. The lowest BCUT2D eigenvalue weighted by atomic mass is 9.97. The number of aromatic nitrogens is 2. The smallest absolute Gasteiger partial charge is 0.224 e. The number of anilines is 3. The second-order valence-electron chi connectivity index (χ2n) is 6.95. The number of rotatable bonds is 6. The molecule has 2 N–H and O–H groups in total. The summed E-state index contributed by atoms with van der Waals surface area (Å²) in [5.41, 5.74) is 6.10. The van der Waals surface area contributed by atoms with Crippen molar-refractivity contribution in [3.63, 3.8) is 0 Å². The van der Waals surface area contributed by atoms with Gasteiger partial charge in [0.15, 0.2) is 0 Å². The van der Waals surface area contributed by atoms with Crippen LogP contribution < -0.4 is 10.6 Å². The van der Waals surface area contributed by atoms with Crippen LogP contribution in [0, 0.1) is 20.8 Å². The number of nitrogens with one attached hydrogen (secondary N) is 2. The third kappa shape index (κ3) is 5.05. The van der Waals surface area contributed by atoms with E-state index >= 15 is 0 Å². The minimum Gasteiger partial charge on any atom is -0.354 e. The van der Waals surface area contributed by atoms with E-state index in [1.807, 2.05) is 13.0 Å². The van der Waals surface area contributed by atoms with Gasteiger partial charge in [0.25, 0.3) is 0 Å². The van der Waals surface area contributed by atoms with Crippen molar-refractivity contribution < 1.29 is 0 Å². The minimum absolute atomic E-state index is 0.698.